The van der Waals surface area contributed by atoms with Gasteiger partial charge in [0, 0.05) is 31.0 Å². The fourth-order valence-corrected chi connectivity index (χ4v) is 3.54. The lowest BCUT2D eigenvalue weighted by Crippen LogP contribution is -2.31. The van der Waals surface area contributed by atoms with Crippen LogP contribution in [0.2, 0.25) is 0 Å². The van der Waals surface area contributed by atoms with Crippen LogP contribution in [0.4, 0.5) is 5.69 Å². The number of carbonyl (C=O) groups is 1. The molecule has 1 aromatic rings. The Kier molecular flexibility index (Phi) is 7.57. The van der Waals surface area contributed by atoms with Crippen molar-refractivity contribution in [1.29, 1.82) is 0 Å². The standard InChI is InChI=1S/C14H23N2O4P/c1-4-16(13-7-10-15-11-8-13)14(17)9-12-21(18,19-5-2)20-6-3/h7-8,10-11H,4-6,9,12H2,1-3H3. The van der Waals surface area contributed by atoms with Crippen molar-refractivity contribution >= 4 is 19.2 Å². The van der Waals surface area contributed by atoms with Crippen molar-refractivity contribution in [3.05, 3.63) is 24.5 Å². The van der Waals surface area contributed by atoms with E-state index < -0.39 is 7.60 Å². The second-order valence-corrected chi connectivity index (χ2v) is 6.45. The van der Waals surface area contributed by atoms with Gasteiger partial charge in [-0.05, 0) is 32.9 Å². The van der Waals surface area contributed by atoms with Gasteiger partial charge in [-0.25, -0.2) is 0 Å². The van der Waals surface area contributed by atoms with E-state index in [2.05, 4.69) is 4.98 Å². The first kappa shape index (κ1) is 17.8. The average molecular weight is 314 g/mol. The molecule has 0 fully saturated rings. The lowest BCUT2D eigenvalue weighted by atomic mass is 10.3. The van der Waals surface area contributed by atoms with E-state index in [1.807, 2.05) is 6.92 Å². The van der Waals surface area contributed by atoms with Crippen molar-refractivity contribution in [3.8, 4) is 0 Å². The zero-order chi connectivity index (χ0) is 15.7. The molecule has 0 radical (unpaired) electrons. The van der Waals surface area contributed by atoms with Crippen molar-refractivity contribution in [1.82, 2.24) is 4.98 Å². The second kappa shape index (κ2) is 8.93. The number of nitrogens with zero attached hydrogens (tertiary/aromatic N) is 2. The van der Waals surface area contributed by atoms with Gasteiger partial charge in [-0.3, -0.25) is 14.3 Å². The number of rotatable bonds is 9. The van der Waals surface area contributed by atoms with E-state index in [9.17, 15) is 9.36 Å². The van der Waals surface area contributed by atoms with Gasteiger partial charge in [-0.1, -0.05) is 0 Å². The lowest BCUT2D eigenvalue weighted by Gasteiger charge is -2.22. The van der Waals surface area contributed by atoms with Crippen LogP contribution in [0.3, 0.4) is 0 Å². The molecule has 0 unspecified atom stereocenters. The number of aromatic nitrogens is 1. The quantitative estimate of drug-likeness (QED) is 0.655. The maximum atomic E-state index is 12.3. The largest absolute Gasteiger partial charge is 0.331 e. The molecule has 0 saturated carbocycles. The number of pyridine rings is 1. The van der Waals surface area contributed by atoms with Crippen LogP contribution in [0.15, 0.2) is 24.5 Å². The van der Waals surface area contributed by atoms with Gasteiger partial charge in [0.05, 0.1) is 19.4 Å². The normalized spacial score (nSPS) is 11.4. The highest BCUT2D eigenvalue weighted by atomic mass is 31.2. The minimum Gasteiger partial charge on any atom is -0.313 e. The average Bonchev–Trinajstić information content (AvgIpc) is 2.48. The highest BCUT2D eigenvalue weighted by Gasteiger charge is 2.26. The fourth-order valence-electron chi connectivity index (χ4n) is 1.95. The molecule has 0 aromatic carbocycles. The maximum Gasteiger partial charge on any atom is 0.331 e. The summed E-state index contributed by atoms with van der Waals surface area (Å²) < 4.78 is 22.7. The van der Waals surface area contributed by atoms with E-state index in [1.165, 1.54) is 0 Å². The molecule has 0 saturated heterocycles. The Morgan fingerprint density at radius 3 is 2.24 bits per heavy atom. The Morgan fingerprint density at radius 1 is 1.19 bits per heavy atom. The molecule has 7 heteroatoms. The van der Waals surface area contributed by atoms with Crippen molar-refractivity contribution in [3.63, 3.8) is 0 Å². The van der Waals surface area contributed by atoms with Gasteiger partial charge in [-0.15, -0.1) is 0 Å². The van der Waals surface area contributed by atoms with Gasteiger partial charge in [-0.2, -0.15) is 0 Å². The minimum absolute atomic E-state index is 0.0924. The molecular weight excluding hydrogens is 291 g/mol. The van der Waals surface area contributed by atoms with Gasteiger partial charge in [0.25, 0.3) is 0 Å². The fraction of sp³-hybridized carbons (Fsp3) is 0.571. The predicted octanol–water partition coefficient (Wildman–Crippen LogP) is 3.09. The van der Waals surface area contributed by atoms with Gasteiger partial charge in [0.2, 0.25) is 5.91 Å². The summed E-state index contributed by atoms with van der Waals surface area (Å²) in [5.41, 5.74) is 0.778. The third kappa shape index (κ3) is 5.58. The summed E-state index contributed by atoms with van der Waals surface area (Å²) in [5.74, 6) is -0.108. The van der Waals surface area contributed by atoms with Crippen LogP contribution in [0.1, 0.15) is 27.2 Å². The summed E-state index contributed by atoms with van der Waals surface area (Å²) in [6.07, 6.45) is 3.48. The highest BCUT2D eigenvalue weighted by molar-refractivity contribution is 7.53. The summed E-state index contributed by atoms with van der Waals surface area (Å²) in [6.45, 7) is 6.53. The van der Waals surface area contributed by atoms with Crippen LogP contribution >= 0.6 is 7.60 Å². The van der Waals surface area contributed by atoms with Crippen LogP contribution in [-0.4, -0.2) is 36.8 Å². The summed E-state index contributed by atoms with van der Waals surface area (Å²) in [6, 6.07) is 3.54. The Morgan fingerprint density at radius 2 is 1.76 bits per heavy atom. The Labute approximate surface area is 126 Å². The van der Waals surface area contributed by atoms with Crippen molar-refractivity contribution in [2.75, 3.05) is 30.8 Å². The molecule has 6 nitrogen and oxygen atoms in total. The maximum absolute atomic E-state index is 12.3. The molecule has 0 atom stereocenters. The third-order valence-corrected chi connectivity index (χ3v) is 4.92. The molecule has 1 heterocycles. The van der Waals surface area contributed by atoms with Crippen LogP contribution < -0.4 is 4.90 Å². The topological polar surface area (TPSA) is 68.7 Å². The zero-order valence-electron chi connectivity index (χ0n) is 12.8. The number of hydrogen-bond donors (Lipinski definition) is 0. The van der Waals surface area contributed by atoms with Gasteiger partial charge in [0.1, 0.15) is 0 Å². The number of carbonyl (C=O) groups excluding carboxylic acids is 1. The molecule has 1 amide bonds. The summed E-state index contributed by atoms with van der Waals surface area (Å²) >= 11 is 0. The molecule has 118 valence electrons. The SMILES string of the molecule is CCOP(=O)(CCC(=O)N(CC)c1ccncc1)OCC. The lowest BCUT2D eigenvalue weighted by molar-refractivity contribution is -0.118. The minimum atomic E-state index is -3.17. The first-order valence-corrected chi connectivity index (χ1v) is 8.87. The van der Waals surface area contributed by atoms with E-state index >= 15 is 0 Å². The van der Waals surface area contributed by atoms with Crippen LogP contribution in [0, 0.1) is 0 Å². The van der Waals surface area contributed by atoms with Crippen LogP contribution in [-0.2, 0) is 18.4 Å². The molecule has 0 aliphatic carbocycles. The Balaban J connectivity index is 2.68. The molecule has 0 aliphatic heterocycles. The molecule has 1 rings (SSSR count). The second-order valence-electron chi connectivity index (χ2n) is 4.26. The van der Waals surface area contributed by atoms with Crippen molar-refractivity contribution in [2.45, 2.75) is 27.2 Å². The molecule has 0 spiro atoms. The molecule has 0 aliphatic rings. The van der Waals surface area contributed by atoms with Crippen LogP contribution in [0.25, 0.3) is 0 Å². The van der Waals surface area contributed by atoms with E-state index in [0.29, 0.717) is 19.8 Å². The smallest absolute Gasteiger partial charge is 0.313 e. The predicted molar refractivity (Wildman–Crippen MR) is 82.6 cm³/mol. The Hall–Kier alpha value is -1.23. The monoisotopic (exact) mass is 314 g/mol. The molecular formula is C14H23N2O4P. The number of amides is 1. The molecule has 0 N–H and O–H groups in total. The molecule has 21 heavy (non-hydrogen) atoms. The van der Waals surface area contributed by atoms with Gasteiger partial charge < -0.3 is 13.9 Å². The number of anilines is 1. The van der Waals surface area contributed by atoms with E-state index in [-0.39, 0.29) is 18.5 Å². The van der Waals surface area contributed by atoms with E-state index in [4.69, 9.17) is 9.05 Å². The van der Waals surface area contributed by atoms with E-state index in [1.54, 1.807) is 43.3 Å². The first-order valence-electron chi connectivity index (χ1n) is 7.14. The number of hydrogen-bond acceptors (Lipinski definition) is 5. The Bertz CT molecular complexity index is 471. The summed E-state index contributed by atoms with van der Waals surface area (Å²) in [4.78, 5) is 17.9. The third-order valence-electron chi connectivity index (χ3n) is 2.84. The van der Waals surface area contributed by atoms with E-state index in [0.717, 1.165) is 5.69 Å². The highest BCUT2D eigenvalue weighted by Crippen LogP contribution is 2.48. The van der Waals surface area contributed by atoms with Gasteiger partial charge >= 0.3 is 7.60 Å². The summed E-state index contributed by atoms with van der Waals surface area (Å²) in [5, 5.41) is 0. The molecule has 0 bridgehead atoms. The first-order chi connectivity index (χ1) is 10.1. The van der Waals surface area contributed by atoms with Crippen molar-refractivity contribution < 1.29 is 18.4 Å². The summed E-state index contributed by atoms with van der Waals surface area (Å²) in [7, 11) is -3.17. The van der Waals surface area contributed by atoms with Crippen LogP contribution in [0.5, 0.6) is 0 Å². The van der Waals surface area contributed by atoms with Crippen molar-refractivity contribution in [2.24, 2.45) is 0 Å². The molecule has 1 aromatic heterocycles. The van der Waals surface area contributed by atoms with Gasteiger partial charge in [0.15, 0.2) is 0 Å². The zero-order valence-corrected chi connectivity index (χ0v) is 13.7.